The van der Waals surface area contributed by atoms with Crippen LogP contribution in [0.5, 0.6) is 0 Å². The van der Waals surface area contributed by atoms with Crippen LogP contribution in [-0.2, 0) is 23.1 Å². The summed E-state index contributed by atoms with van der Waals surface area (Å²) in [4.78, 5) is 10.1. The monoisotopic (exact) mass is 442 g/mol. The van der Waals surface area contributed by atoms with Gasteiger partial charge in [0.05, 0.1) is 16.2 Å². The summed E-state index contributed by atoms with van der Waals surface area (Å²) in [5, 5.41) is 10.6. The SMILES string of the molecule is CCCC[n+]1ccccc1Cc1ccc([N+](=O)[O-])cc1.Cc1ccc(S(=O)(=O)[O-])cc1. The van der Waals surface area contributed by atoms with E-state index in [-0.39, 0.29) is 15.5 Å². The number of unbranched alkanes of at least 4 members (excludes halogenated alkanes) is 1. The molecule has 0 bridgehead atoms. The van der Waals surface area contributed by atoms with E-state index in [0.717, 1.165) is 30.5 Å². The van der Waals surface area contributed by atoms with Crippen molar-refractivity contribution in [2.75, 3.05) is 0 Å². The van der Waals surface area contributed by atoms with E-state index in [9.17, 15) is 23.1 Å². The van der Waals surface area contributed by atoms with Crippen molar-refractivity contribution in [1.82, 2.24) is 0 Å². The van der Waals surface area contributed by atoms with Gasteiger partial charge in [0.25, 0.3) is 5.69 Å². The first-order valence-corrected chi connectivity index (χ1v) is 11.3. The molecular weight excluding hydrogens is 416 g/mol. The van der Waals surface area contributed by atoms with Gasteiger partial charge in [0.1, 0.15) is 16.7 Å². The minimum absolute atomic E-state index is 0.140. The molecule has 164 valence electrons. The molecule has 0 saturated heterocycles. The Morgan fingerprint density at radius 3 is 2.16 bits per heavy atom. The molecule has 2 aromatic carbocycles. The number of nitro benzene ring substituents is 1. The zero-order valence-electron chi connectivity index (χ0n) is 17.6. The number of non-ortho nitro benzene ring substituents is 1. The standard InChI is InChI=1S/C16H19N2O2.C7H8O3S/c1-2-3-11-17-12-5-4-6-16(17)13-14-7-9-15(10-8-14)18(19)20;1-6-2-4-7(5-3-6)11(8,9)10/h4-10,12H,2-3,11,13H2,1H3;2-5H,1H3,(H,8,9,10)/q+1;/p-1. The molecule has 0 aliphatic carbocycles. The molecule has 0 aliphatic heterocycles. The molecule has 3 aromatic rings. The summed E-state index contributed by atoms with van der Waals surface area (Å²) in [5.41, 5.74) is 3.39. The van der Waals surface area contributed by atoms with Crippen LogP contribution < -0.4 is 4.57 Å². The smallest absolute Gasteiger partial charge is 0.269 e. The highest BCUT2D eigenvalue weighted by Gasteiger charge is 2.11. The molecule has 1 aromatic heterocycles. The summed E-state index contributed by atoms with van der Waals surface area (Å²) in [5.74, 6) is 0. The van der Waals surface area contributed by atoms with E-state index in [2.05, 4.69) is 23.8 Å². The fraction of sp³-hybridized carbons (Fsp3) is 0.261. The minimum Gasteiger partial charge on any atom is -0.744 e. The summed E-state index contributed by atoms with van der Waals surface area (Å²) in [6.45, 7) is 5.01. The summed E-state index contributed by atoms with van der Waals surface area (Å²) >= 11 is 0. The minimum atomic E-state index is -4.27. The number of rotatable bonds is 7. The summed E-state index contributed by atoms with van der Waals surface area (Å²) in [7, 11) is -4.27. The third-order valence-corrected chi connectivity index (χ3v) is 5.48. The Kier molecular flexibility index (Phi) is 8.84. The Balaban J connectivity index is 0.000000262. The molecule has 31 heavy (non-hydrogen) atoms. The van der Waals surface area contributed by atoms with E-state index in [4.69, 9.17) is 0 Å². The lowest BCUT2D eigenvalue weighted by Crippen LogP contribution is -2.38. The van der Waals surface area contributed by atoms with E-state index in [1.165, 1.54) is 24.2 Å². The Morgan fingerprint density at radius 2 is 1.61 bits per heavy atom. The first-order chi connectivity index (χ1) is 14.7. The highest BCUT2D eigenvalue weighted by molar-refractivity contribution is 7.85. The molecule has 0 fully saturated rings. The van der Waals surface area contributed by atoms with Crippen molar-refractivity contribution in [2.24, 2.45) is 0 Å². The number of hydrogen-bond acceptors (Lipinski definition) is 5. The van der Waals surface area contributed by atoms with Crippen LogP contribution in [0, 0.1) is 17.0 Å². The molecule has 0 radical (unpaired) electrons. The van der Waals surface area contributed by atoms with E-state index in [1.54, 1.807) is 24.3 Å². The predicted molar refractivity (Wildman–Crippen MR) is 117 cm³/mol. The molecule has 0 saturated carbocycles. The predicted octanol–water partition coefficient (Wildman–Crippen LogP) is 4.17. The van der Waals surface area contributed by atoms with Crippen molar-refractivity contribution in [3.8, 4) is 0 Å². The highest BCUT2D eigenvalue weighted by atomic mass is 32.2. The van der Waals surface area contributed by atoms with Crippen LogP contribution >= 0.6 is 0 Å². The molecule has 0 N–H and O–H groups in total. The Morgan fingerprint density at radius 1 is 0.968 bits per heavy atom. The van der Waals surface area contributed by atoms with Crippen molar-refractivity contribution in [1.29, 1.82) is 0 Å². The number of pyridine rings is 1. The van der Waals surface area contributed by atoms with Gasteiger partial charge in [-0.2, -0.15) is 0 Å². The third-order valence-electron chi connectivity index (χ3n) is 4.63. The van der Waals surface area contributed by atoms with Gasteiger partial charge < -0.3 is 4.55 Å². The molecule has 0 amide bonds. The number of nitrogens with zero attached hydrogens (tertiary/aromatic N) is 2. The molecule has 0 unspecified atom stereocenters. The summed E-state index contributed by atoms with van der Waals surface area (Å²) < 4.78 is 33.4. The van der Waals surface area contributed by atoms with E-state index < -0.39 is 10.1 Å². The molecule has 0 aliphatic rings. The molecule has 0 atom stereocenters. The van der Waals surface area contributed by atoms with Crippen LogP contribution in [0.3, 0.4) is 0 Å². The molecular formula is C23H26N2O5S. The van der Waals surface area contributed by atoms with Crippen molar-refractivity contribution in [3.05, 3.63) is 99.9 Å². The summed E-state index contributed by atoms with van der Waals surface area (Å²) in [6.07, 6.45) is 5.21. The van der Waals surface area contributed by atoms with Gasteiger partial charge >= 0.3 is 0 Å². The second-order valence-electron chi connectivity index (χ2n) is 7.11. The topological polar surface area (TPSA) is 104 Å². The van der Waals surface area contributed by atoms with Crippen LogP contribution in [0.15, 0.2) is 77.8 Å². The van der Waals surface area contributed by atoms with Crippen molar-refractivity contribution < 1.29 is 22.5 Å². The van der Waals surface area contributed by atoms with Gasteiger partial charge in [0, 0.05) is 30.7 Å². The van der Waals surface area contributed by atoms with Crippen LogP contribution in [0.2, 0.25) is 0 Å². The number of benzene rings is 2. The lowest BCUT2D eigenvalue weighted by molar-refractivity contribution is -0.704. The lowest BCUT2D eigenvalue weighted by atomic mass is 10.1. The molecule has 0 spiro atoms. The number of hydrogen-bond donors (Lipinski definition) is 0. The molecule has 7 nitrogen and oxygen atoms in total. The van der Waals surface area contributed by atoms with Crippen molar-refractivity contribution in [3.63, 3.8) is 0 Å². The largest absolute Gasteiger partial charge is 0.744 e. The van der Waals surface area contributed by atoms with E-state index >= 15 is 0 Å². The molecule has 3 rings (SSSR count). The quantitative estimate of drug-likeness (QED) is 0.236. The van der Waals surface area contributed by atoms with Crippen LogP contribution in [0.4, 0.5) is 5.69 Å². The van der Waals surface area contributed by atoms with Gasteiger partial charge in [-0.05, 0) is 24.6 Å². The Bertz CT molecular complexity index is 1100. The average Bonchev–Trinajstić information content (AvgIpc) is 2.74. The Labute approximate surface area is 182 Å². The van der Waals surface area contributed by atoms with Gasteiger partial charge in [0.15, 0.2) is 11.9 Å². The van der Waals surface area contributed by atoms with Crippen molar-refractivity contribution in [2.45, 2.75) is 44.6 Å². The van der Waals surface area contributed by atoms with Crippen molar-refractivity contribution >= 4 is 15.8 Å². The highest BCUT2D eigenvalue weighted by Crippen LogP contribution is 2.14. The third kappa shape index (κ3) is 7.92. The van der Waals surface area contributed by atoms with Gasteiger partial charge in [-0.3, -0.25) is 10.1 Å². The normalized spacial score (nSPS) is 10.8. The maximum atomic E-state index is 10.6. The van der Waals surface area contributed by atoms with Crippen LogP contribution in [0.25, 0.3) is 0 Å². The number of aryl methyl sites for hydroxylation is 2. The maximum Gasteiger partial charge on any atom is 0.269 e. The number of nitro groups is 1. The molecule has 1 heterocycles. The van der Waals surface area contributed by atoms with Gasteiger partial charge in [-0.1, -0.05) is 49.2 Å². The molecule has 8 heteroatoms. The second-order valence-corrected chi connectivity index (χ2v) is 8.49. The zero-order valence-corrected chi connectivity index (χ0v) is 18.4. The second kappa shape index (κ2) is 11.3. The average molecular weight is 443 g/mol. The fourth-order valence-corrected chi connectivity index (χ4v) is 3.34. The van der Waals surface area contributed by atoms with E-state index in [1.807, 2.05) is 31.2 Å². The van der Waals surface area contributed by atoms with Gasteiger partial charge in [0.2, 0.25) is 0 Å². The lowest BCUT2D eigenvalue weighted by Gasteiger charge is -2.05. The fourth-order valence-electron chi connectivity index (χ4n) is 2.87. The maximum absolute atomic E-state index is 10.6. The van der Waals surface area contributed by atoms with Crippen LogP contribution in [0.1, 0.15) is 36.6 Å². The summed E-state index contributed by atoms with van der Waals surface area (Å²) in [6, 6.07) is 18.7. The first-order valence-electron chi connectivity index (χ1n) is 9.94. The zero-order chi connectivity index (χ0) is 22.9. The van der Waals surface area contributed by atoms with Crippen LogP contribution in [-0.4, -0.2) is 17.9 Å². The Hall–Kier alpha value is -3.10. The van der Waals surface area contributed by atoms with E-state index in [0.29, 0.717) is 0 Å². The number of aromatic nitrogens is 1. The first kappa shape index (κ1) is 24.2. The van der Waals surface area contributed by atoms with Gasteiger partial charge in [-0.15, -0.1) is 0 Å². The van der Waals surface area contributed by atoms with Gasteiger partial charge in [-0.25, -0.2) is 13.0 Å².